The van der Waals surface area contributed by atoms with E-state index in [1.54, 1.807) is 0 Å². The van der Waals surface area contributed by atoms with Gasteiger partial charge in [0.05, 0.1) is 0 Å². The van der Waals surface area contributed by atoms with Crippen LogP contribution < -0.4 is 0 Å². The van der Waals surface area contributed by atoms with Gasteiger partial charge in [0.1, 0.15) is 15.0 Å². The topological polar surface area (TPSA) is 25.8 Å². The quantitative estimate of drug-likeness (QED) is 0.740. The maximum absolute atomic E-state index is 4.39. The van der Waals surface area contributed by atoms with Gasteiger partial charge in [-0.05, 0) is 44.7 Å². The minimum atomic E-state index is 0.578. The van der Waals surface area contributed by atoms with Gasteiger partial charge >= 0.3 is 0 Å². The first-order valence-corrected chi connectivity index (χ1v) is 6.04. The van der Waals surface area contributed by atoms with E-state index in [1.165, 1.54) is 25.7 Å². The summed E-state index contributed by atoms with van der Waals surface area (Å²) in [6.07, 6.45) is 5.11. The van der Waals surface area contributed by atoms with Crippen molar-refractivity contribution in [3.63, 3.8) is 0 Å². The summed E-state index contributed by atoms with van der Waals surface area (Å²) in [5, 5.41) is 0. The van der Waals surface area contributed by atoms with Gasteiger partial charge in [0, 0.05) is 12.0 Å². The van der Waals surface area contributed by atoms with E-state index in [-0.39, 0.29) is 0 Å². The van der Waals surface area contributed by atoms with Crippen LogP contribution in [0, 0.1) is 0 Å². The zero-order valence-corrected chi connectivity index (χ0v) is 10.3. The molecule has 2 nitrogen and oxygen atoms in total. The molecule has 1 fully saturated rings. The Balaban J connectivity index is 2.28. The van der Waals surface area contributed by atoms with Crippen LogP contribution in [0.1, 0.15) is 37.4 Å². The predicted octanol–water partition coefficient (Wildman–Crippen LogP) is 3.66. The second-order valence-electron chi connectivity index (χ2n) is 3.35. The van der Waals surface area contributed by atoms with E-state index >= 15 is 0 Å². The minimum Gasteiger partial charge on any atom is -0.226 e. The molecule has 0 saturated heterocycles. The predicted molar refractivity (Wildman–Crippen MR) is 58.6 cm³/mol. The first kappa shape index (κ1) is 9.59. The highest BCUT2D eigenvalue weighted by atomic mass is 79.9. The third-order valence-corrected chi connectivity index (χ3v) is 3.21. The Hall–Kier alpha value is 0.0400. The van der Waals surface area contributed by atoms with E-state index in [0.29, 0.717) is 5.92 Å². The first-order chi connectivity index (χ1) is 6.25. The maximum Gasteiger partial charge on any atom is 0.134 e. The number of hydrogen-bond donors (Lipinski definition) is 0. The summed E-state index contributed by atoms with van der Waals surface area (Å²) in [7, 11) is 0. The molecule has 0 aromatic carbocycles. The number of hydrogen-bond acceptors (Lipinski definition) is 2. The fourth-order valence-electron chi connectivity index (χ4n) is 1.77. The van der Waals surface area contributed by atoms with Crippen molar-refractivity contribution in [1.82, 2.24) is 9.97 Å². The van der Waals surface area contributed by atoms with Crippen LogP contribution in [0.3, 0.4) is 0 Å². The molecule has 70 valence electrons. The van der Waals surface area contributed by atoms with Crippen LogP contribution >= 0.6 is 31.9 Å². The fraction of sp³-hybridized carbons (Fsp3) is 0.556. The Morgan fingerprint density at radius 1 is 1.08 bits per heavy atom. The second-order valence-corrected chi connectivity index (χ2v) is 4.98. The minimum absolute atomic E-state index is 0.578. The summed E-state index contributed by atoms with van der Waals surface area (Å²) < 4.78 is 1.74. The smallest absolute Gasteiger partial charge is 0.134 e. The molecule has 0 bridgehead atoms. The summed E-state index contributed by atoms with van der Waals surface area (Å²) in [6, 6.07) is 1.87. The van der Waals surface area contributed by atoms with Crippen LogP contribution in [0.2, 0.25) is 0 Å². The summed E-state index contributed by atoms with van der Waals surface area (Å²) in [4.78, 5) is 8.78. The molecule has 0 radical (unpaired) electrons. The van der Waals surface area contributed by atoms with E-state index in [4.69, 9.17) is 0 Å². The standard InChI is InChI=1S/C9H10Br2N2/c10-7-5-8(11)13-9(12-7)6-3-1-2-4-6/h5-6H,1-4H2. The third-order valence-electron chi connectivity index (χ3n) is 2.40. The van der Waals surface area contributed by atoms with Gasteiger partial charge in [0.25, 0.3) is 0 Å². The van der Waals surface area contributed by atoms with Crippen molar-refractivity contribution in [2.45, 2.75) is 31.6 Å². The average Bonchev–Trinajstić information content (AvgIpc) is 2.53. The lowest BCUT2D eigenvalue weighted by Gasteiger charge is -2.07. The maximum atomic E-state index is 4.39. The van der Waals surface area contributed by atoms with E-state index in [0.717, 1.165) is 15.0 Å². The van der Waals surface area contributed by atoms with Crippen LogP contribution in [-0.4, -0.2) is 9.97 Å². The van der Waals surface area contributed by atoms with E-state index in [1.807, 2.05) is 6.07 Å². The highest BCUT2D eigenvalue weighted by Gasteiger charge is 2.20. The zero-order valence-electron chi connectivity index (χ0n) is 7.13. The van der Waals surface area contributed by atoms with Crippen molar-refractivity contribution < 1.29 is 0 Å². The molecule has 0 atom stereocenters. The van der Waals surface area contributed by atoms with Crippen LogP contribution in [0.25, 0.3) is 0 Å². The van der Waals surface area contributed by atoms with Gasteiger partial charge in [-0.2, -0.15) is 0 Å². The van der Waals surface area contributed by atoms with Gasteiger partial charge in [-0.15, -0.1) is 0 Å². The number of halogens is 2. The third kappa shape index (κ3) is 2.29. The molecule has 1 saturated carbocycles. The molecule has 1 aromatic rings. The van der Waals surface area contributed by atoms with Gasteiger partial charge in [-0.3, -0.25) is 0 Å². The molecule has 0 aliphatic heterocycles. The molecule has 1 aliphatic rings. The molecule has 4 heteroatoms. The molecule has 0 spiro atoms. The Bertz CT molecular complexity index is 288. The lowest BCUT2D eigenvalue weighted by atomic mass is 10.1. The monoisotopic (exact) mass is 304 g/mol. The lowest BCUT2D eigenvalue weighted by Crippen LogP contribution is -2.00. The summed E-state index contributed by atoms with van der Waals surface area (Å²) in [5.41, 5.74) is 0. The van der Waals surface area contributed by atoms with Crippen molar-refractivity contribution in [3.8, 4) is 0 Å². The van der Waals surface area contributed by atoms with Crippen LogP contribution in [-0.2, 0) is 0 Å². The Labute approximate surface area is 94.4 Å². The van der Waals surface area contributed by atoms with Crippen LogP contribution in [0.15, 0.2) is 15.3 Å². The van der Waals surface area contributed by atoms with E-state index < -0.39 is 0 Å². The van der Waals surface area contributed by atoms with Gasteiger partial charge < -0.3 is 0 Å². The summed E-state index contributed by atoms with van der Waals surface area (Å²) in [6.45, 7) is 0. The second kappa shape index (κ2) is 4.05. The highest BCUT2D eigenvalue weighted by molar-refractivity contribution is 9.11. The number of nitrogens with zero attached hydrogens (tertiary/aromatic N) is 2. The molecule has 1 heterocycles. The fourth-order valence-corrected chi connectivity index (χ4v) is 2.88. The molecule has 1 aromatic heterocycles. The van der Waals surface area contributed by atoms with Gasteiger partial charge in [-0.1, -0.05) is 12.8 Å². The van der Waals surface area contributed by atoms with Crippen molar-refractivity contribution in [1.29, 1.82) is 0 Å². The molecule has 0 amide bonds. The molecule has 2 rings (SSSR count). The van der Waals surface area contributed by atoms with Crippen LogP contribution in [0.4, 0.5) is 0 Å². The molecule has 0 unspecified atom stereocenters. The van der Waals surface area contributed by atoms with Crippen molar-refractivity contribution in [3.05, 3.63) is 21.1 Å². The number of aromatic nitrogens is 2. The molecular weight excluding hydrogens is 296 g/mol. The van der Waals surface area contributed by atoms with Gasteiger partial charge in [-0.25, -0.2) is 9.97 Å². The SMILES string of the molecule is Brc1cc(Br)nc(C2CCCC2)n1. The van der Waals surface area contributed by atoms with Gasteiger partial charge in [0.15, 0.2) is 0 Å². The number of rotatable bonds is 1. The Morgan fingerprint density at radius 3 is 2.15 bits per heavy atom. The van der Waals surface area contributed by atoms with E-state index in [9.17, 15) is 0 Å². The first-order valence-electron chi connectivity index (χ1n) is 4.45. The summed E-state index contributed by atoms with van der Waals surface area (Å²) in [5.74, 6) is 1.56. The van der Waals surface area contributed by atoms with Gasteiger partial charge in [0.2, 0.25) is 0 Å². The average molecular weight is 306 g/mol. The normalized spacial score (nSPS) is 18.0. The Morgan fingerprint density at radius 2 is 1.62 bits per heavy atom. The Kier molecular flexibility index (Phi) is 2.99. The van der Waals surface area contributed by atoms with Crippen LogP contribution in [0.5, 0.6) is 0 Å². The zero-order chi connectivity index (χ0) is 9.26. The molecule has 13 heavy (non-hydrogen) atoms. The molecular formula is C9H10Br2N2. The van der Waals surface area contributed by atoms with Crippen molar-refractivity contribution in [2.75, 3.05) is 0 Å². The van der Waals surface area contributed by atoms with Crippen molar-refractivity contribution in [2.24, 2.45) is 0 Å². The van der Waals surface area contributed by atoms with Crippen molar-refractivity contribution >= 4 is 31.9 Å². The lowest BCUT2D eigenvalue weighted by molar-refractivity contribution is 0.662. The summed E-state index contributed by atoms with van der Waals surface area (Å²) >= 11 is 6.76. The largest absolute Gasteiger partial charge is 0.226 e. The van der Waals surface area contributed by atoms with E-state index in [2.05, 4.69) is 41.8 Å². The molecule has 1 aliphatic carbocycles. The highest BCUT2D eigenvalue weighted by Crippen LogP contribution is 2.33. The molecule has 0 N–H and O–H groups in total.